The summed E-state index contributed by atoms with van der Waals surface area (Å²) in [4.78, 5) is 18.8. The van der Waals surface area contributed by atoms with Crippen LogP contribution in [0.4, 0.5) is 11.5 Å². The molecule has 0 bridgehead atoms. The number of para-hydroxylation sites is 1. The Morgan fingerprint density at radius 2 is 1.96 bits per heavy atom. The van der Waals surface area contributed by atoms with E-state index in [0.29, 0.717) is 13.0 Å². The van der Waals surface area contributed by atoms with E-state index in [1.165, 1.54) is 12.8 Å². The summed E-state index contributed by atoms with van der Waals surface area (Å²) in [5.74, 6) is 2.49. The van der Waals surface area contributed by atoms with Crippen molar-refractivity contribution in [1.29, 1.82) is 0 Å². The monoisotopic (exact) mass is 339 g/mol. The van der Waals surface area contributed by atoms with Gasteiger partial charge in [0.25, 0.3) is 0 Å². The molecule has 1 aromatic carbocycles. The van der Waals surface area contributed by atoms with E-state index in [2.05, 4.69) is 22.1 Å². The predicted octanol–water partition coefficient (Wildman–Crippen LogP) is 3.73. The van der Waals surface area contributed by atoms with Crippen molar-refractivity contribution in [3.8, 4) is 5.75 Å². The summed E-state index contributed by atoms with van der Waals surface area (Å²) in [6.45, 7) is 4.76. The maximum Gasteiger partial charge on any atom is 0.227 e. The highest BCUT2D eigenvalue weighted by atomic mass is 16.5. The second kappa shape index (κ2) is 8.51. The van der Waals surface area contributed by atoms with Gasteiger partial charge in [-0.15, -0.1) is 0 Å². The first-order chi connectivity index (χ1) is 12.2. The molecule has 1 amide bonds. The molecule has 0 radical (unpaired) electrons. The van der Waals surface area contributed by atoms with Crippen LogP contribution in [0.15, 0.2) is 48.7 Å². The number of hydrogen-bond donors (Lipinski definition) is 1. The molecule has 0 saturated carbocycles. The number of benzene rings is 1. The normalized spacial score (nSPS) is 15.0. The third kappa shape index (κ3) is 5.21. The summed E-state index contributed by atoms with van der Waals surface area (Å²) in [6.07, 6.45) is 4.45. The molecule has 1 aromatic heterocycles. The summed E-state index contributed by atoms with van der Waals surface area (Å²) in [5.41, 5.74) is 0.721. The van der Waals surface area contributed by atoms with Crippen LogP contribution >= 0.6 is 0 Å². The topological polar surface area (TPSA) is 54.5 Å². The van der Waals surface area contributed by atoms with E-state index in [0.717, 1.165) is 36.3 Å². The minimum Gasteiger partial charge on any atom is -0.493 e. The van der Waals surface area contributed by atoms with Crippen LogP contribution in [-0.4, -0.2) is 30.6 Å². The Kier molecular flexibility index (Phi) is 5.88. The van der Waals surface area contributed by atoms with Crippen molar-refractivity contribution in [3.05, 3.63) is 48.7 Å². The number of aromatic nitrogens is 1. The lowest BCUT2D eigenvalue weighted by Gasteiger charge is -2.31. The zero-order chi connectivity index (χ0) is 17.5. The van der Waals surface area contributed by atoms with Crippen molar-refractivity contribution in [2.24, 2.45) is 5.92 Å². The zero-order valence-corrected chi connectivity index (χ0v) is 14.6. The Balaban J connectivity index is 1.44. The lowest BCUT2D eigenvalue weighted by molar-refractivity contribution is -0.116. The maximum absolute atomic E-state index is 12.0. The van der Waals surface area contributed by atoms with Gasteiger partial charge in [0.2, 0.25) is 5.91 Å². The van der Waals surface area contributed by atoms with Gasteiger partial charge in [-0.2, -0.15) is 0 Å². The first-order valence-corrected chi connectivity index (χ1v) is 8.89. The zero-order valence-electron chi connectivity index (χ0n) is 14.6. The van der Waals surface area contributed by atoms with Crippen LogP contribution in [0.2, 0.25) is 0 Å². The second-order valence-electron chi connectivity index (χ2n) is 6.53. The number of rotatable bonds is 6. The highest BCUT2D eigenvalue weighted by Gasteiger charge is 2.16. The van der Waals surface area contributed by atoms with Gasteiger partial charge in [-0.05, 0) is 43.0 Å². The van der Waals surface area contributed by atoms with Gasteiger partial charge in [0.15, 0.2) is 0 Å². The van der Waals surface area contributed by atoms with Crippen LogP contribution in [0.1, 0.15) is 26.2 Å². The van der Waals surface area contributed by atoms with E-state index >= 15 is 0 Å². The number of amides is 1. The molecule has 1 aliphatic heterocycles. The molecule has 1 aliphatic rings. The third-order valence-electron chi connectivity index (χ3n) is 4.48. The van der Waals surface area contributed by atoms with E-state index in [4.69, 9.17) is 4.74 Å². The van der Waals surface area contributed by atoms with Gasteiger partial charge in [-0.3, -0.25) is 4.79 Å². The Morgan fingerprint density at radius 1 is 1.20 bits per heavy atom. The minimum absolute atomic E-state index is 0.0720. The molecule has 2 aromatic rings. The molecule has 0 unspecified atom stereocenters. The molecule has 0 aliphatic carbocycles. The summed E-state index contributed by atoms with van der Waals surface area (Å²) < 4.78 is 5.54. The van der Waals surface area contributed by atoms with E-state index < -0.39 is 0 Å². The first-order valence-electron chi connectivity index (χ1n) is 8.89. The fraction of sp³-hybridized carbons (Fsp3) is 0.400. The Labute approximate surface area is 149 Å². The van der Waals surface area contributed by atoms with Crippen LogP contribution in [0.25, 0.3) is 0 Å². The molecule has 1 fully saturated rings. The highest BCUT2D eigenvalue weighted by molar-refractivity contribution is 5.90. The summed E-state index contributed by atoms with van der Waals surface area (Å²) in [7, 11) is 0. The van der Waals surface area contributed by atoms with Gasteiger partial charge in [0, 0.05) is 13.1 Å². The quantitative estimate of drug-likeness (QED) is 0.871. The average molecular weight is 339 g/mol. The molecule has 1 N–H and O–H groups in total. The van der Waals surface area contributed by atoms with Crippen molar-refractivity contribution in [1.82, 2.24) is 4.98 Å². The molecule has 25 heavy (non-hydrogen) atoms. The molecule has 5 nitrogen and oxygen atoms in total. The van der Waals surface area contributed by atoms with Crippen molar-refractivity contribution in [2.45, 2.75) is 26.2 Å². The van der Waals surface area contributed by atoms with Gasteiger partial charge in [0.05, 0.1) is 24.9 Å². The third-order valence-corrected chi connectivity index (χ3v) is 4.48. The van der Waals surface area contributed by atoms with E-state index in [1.54, 1.807) is 6.20 Å². The second-order valence-corrected chi connectivity index (χ2v) is 6.53. The lowest BCUT2D eigenvalue weighted by atomic mass is 9.99. The van der Waals surface area contributed by atoms with Crippen molar-refractivity contribution in [2.75, 3.05) is 29.9 Å². The molecular weight excluding hydrogens is 314 g/mol. The number of carbonyl (C=O) groups is 1. The largest absolute Gasteiger partial charge is 0.493 e. The summed E-state index contributed by atoms with van der Waals surface area (Å²) >= 11 is 0. The van der Waals surface area contributed by atoms with E-state index in [-0.39, 0.29) is 5.91 Å². The standard InChI is InChI=1S/C20H25N3O2/c1-16-9-12-23(13-10-16)19-8-7-17(15-21-19)22-20(24)11-14-25-18-5-3-2-4-6-18/h2-8,15-16H,9-14H2,1H3,(H,22,24). The van der Waals surface area contributed by atoms with Crippen molar-refractivity contribution < 1.29 is 9.53 Å². The number of ether oxygens (including phenoxy) is 1. The molecule has 1 saturated heterocycles. The molecule has 0 spiro atoms. The number of nitrogens with one attached hydrogen (secondary N) is 1. The molecule has 5 heteroatoms. The van der Waals surface area contributed by atoms with Gasteiger partial charge >= 0.3 is 0 Å². The highest BCUT2D eigenvalue weighted by Crippen LogP contribution is 2.22. The molecule has 3 rings (SSSR count). The number of piperidine rings is 1. The lowest BCUT2D eigenvalue weighted by Crippen LogP contribution is -2.33. The fourth-order valence-electron chi connectivity index (χ4n) is 2.89. The van der Waals surface area contributed by atoms with Crippen molar-refractivity contribution in [3.63, 3.8) is 0 Å². The van der Waals surface area contributed by atoms with Crippen LogP contribution in [0.5, 0.6) is 5.75 Å². The maximum atomic E-state index is 12.0. The Bertz CT molecular complexity index is 665. The number of carbonyl (C=O) groups excluding carboxylic acids is 1. The molecule has 0 atom stereocenters. The average Bonchev–Trinajstić information content (AvgIpc) is 2.64. The number of hydrogen-bond acceptors (Lipinski definition) is 4. The van der Waals surface area contributed by atoms with Gasteiger partial charge in [-0.25, -0.2) is 4.98 Å². The Hall–Kier alpha value is -2.56. The summed E-state index contributed by atoms with van der Waals surface area (Å²) in [5, 5.41) is 2.87. The summed E-state index contributed by atoms with van der Waals surface area (Å²) in [6, 6.07) is 13.4. The SMILES string of the molecule is CC1CCN(c2ccc(NC(=O)CCOc3ccccc3)cn2)CC1. The predicted molar refractivity (Wildman–Crippen MR) is 100 cm³/mol. The fourth-order valence-corrected chi connectivity index (χ4v) is 2.89. The van der Waals surface area contributed by atoms with Crippen molar-refractivity contribution >= 4 is 17.4 Å². The number of nitrogens with zero attached hydrogens (tertiary/aromatic N) is 2. The van der Waals surface area contributed by atoms with Crippen LogP contribution in [0, 0.1) is 5.92 Å². The Morgan fingerprint density at radius 3 is 2.64 bits per heavy atom. The van der Waals surface area contributed by atoms with E-state index in [1.807, 2.05) is 42.5 Å². The van der Waals surface area contributed by atoms with Gasteiger partial charge in [-0.1, -0.05) is 25.1 Å². The number of pyridine rings is 1. The molecular formula is C20H25N3O2. The molecule has 132 valence electrons. The van der Waals surface area contributed by atoms with Gasteiger partial charge in [0.1, 0.15) is 11.6 Å². The van der Waals surface area contributed by atoms with E-state index in [9.17, 15) is 4.79 Å². The first kappa shape index (κ1) is 17.3. The van der Waals surface area contributed by atoms with Crippen LogP contribution < -0.4 is 15.0 Å². The smallest absolute Gasteiger partial charge is 0.227 e. The minimum atomic E-state index is -0.0720. The van der Waals surface area contributed by atoms with Gasteiger partial charge < -0.3 is 15.0 Å². The number of anilines is 2. The van der Waals surface area contributed by atoms with Crippen LogP contribution in [0.3, 0.4) is 0 Å². The molecule has 2 heterocycles. The van der Waals surface area contributed by atoms with Crippen LogP contribution in [-0.2, 0) is 4.79 Å².